The summed E-state index contributed by atoms with van der Waals surface area (Å²) in [4.78, 5) is 22.8. The molecular weight excluding hydrogens is 308 g/mol. The Balaban J connectivity index is 2.00. The van der Waals surface area contributed by atoms with Crippen LogP contribution in [0.5, 0.6) is 5.75 Å². The van der Waals surface area contributed by atoms with Crippen LogP contribution in [0.1, 0.15) is 12.0 Å². The summed E-state index contributed by atoms with van der Waals surface area (Å²) in [6.45, 7) is 0. The summed E-state index contributed by atoms with van der Waals surface area (Å²) in [7, 11) is 0. The number of amides is 1. The van der Waals surface area contributed by atoms with E-state index in [2.05, 4.69) is 5.32 Å². The van der Waals surface area contributed by atoms with Crippen molar-refractivity contribution >= 4 is 23.5 Å². The van der Waals surface area contributed by atoms with E-state index < -0.39 is 36.9 Å². The molecule has 0 saturated heterocycles. The molecule has 0 fully saturated rings. The molecule has 114 valence electrons. The van der Waals surface area contributed by atoms with Crippen LogP contribution in [0, 0.1) is 0 Å². The molecule has 0 spiro atoms. The first-order valence-electron chi connectivity index (χ1n) is 6.13. The Bertz CT molecular complexity index is 567. The van der Waals surface area contributed by atoms with Crippen LogP contribution >= 0.6 is 11.6 Å². The largest absolute Gasteiger partial charge is 0.480 e. The Kier molecular flexibility index (Phi) is 4.62. The van der Waals surface area contributed by atoms with E-state index in [0.29, 0.717) is 16.3 Å². The van der Waals surface area contributed by atoms with Crippen LogP contribution in [-0.2, 0) is 16.0 Å². The number of carbonyl (C=O) groups excluding carboxylic acids is 1. The van der Waals surface area contributed by atoms with Crippen molar-refractivity contribution in [3.63, 3.8) is 0 Å². The molecule has 1 aromatic rings. The molecule has 1 heterocycles. The third-order valence-corrected chi connectivity index (χ3v) is 3.25. The zero-order chi connectivity index (χ0) is 15.6. The molecule has 0 saturated carbocycles. The summed E-state index contributed by atoms with van der Waals surface area (Å²) in [6, 6.07) is 3.18. The molecule has 21 heavy (non-hydrogen) atoms. The van der Waals surface area contributed by atoms with Gasteiger partial charge < -0.3 is 15.2 Å². The second-order valence-corrected chi connectivity index (χ2v) is 5.03. The molecule has 1 aliphatic heterocycles. The fourth-order valence-corrected chi connectivity index (χ4v) is 2.22. The Labute approximate surface area is 123 Å². The van der Waals surface area contributed by atoms with Crippen LogP contribution < -0.4 is 10.1 Å². The third-order valence-electron chi connectivity index (χ3n) is 3.02. The van der Waals surface area contributed by atoms with Gasteiger partial charge in [-0.3, -0.25) is 4.79 Å². The fourth-order valence-electron chi connectivity index (χ4n) is 2.03. The minimum Gasteiger partial charge on any atom is -0.480 e. The van der Waals surface area contributed by atoms with Gasteiger partial charge in [0.2, 0.25) is 6.43 Å². The Morgan fingerprint density at radius 1 is 1.48 bits per heavy atom. The molecule has 0 bridgehead atoms. The standard InChI is InChI=1S/C13H12ClF2NO4/c14-7-1-2-9-6(3-7)4-10(21-9)12(18)17-8(13(19)20)5-11(15)16/h1-3,8,10-11H,4-5H2,(H,17,18)(H,19,20). The Morgan fingerprint density at radius 3 is 2.81 bits per heavy atom. The summed E-state index contributed by atoms with van der Waals surface area (Å²) < 4.78 is 29.9. The van der Waals surface area contributed by atoms with E-state index in [1.54, 1.807) is 18.2 Å². The van der Waals surface area contributed by atoms with Gasteiger partial charge in [0, 0.05) is 17.9 Å². The van der Waals surface area contributed by atoms with Gasteiger partial charge in [0.1, 0.15) is 11.8 Å². The highest BCUT2D eigenvalue weighted by Gasteiger charge is 2.33. The van der Waals surface area contributed by atoms with E-state index in [1.807, 2.05) is 0 Å². The lowest BCUT2D eigenvalue weighted by atomic mass is 10.1. The second-order valence-electron chi connectivity index (χ2n) is 4.59. The van der Waals surface area contributed by atoms with E-state index in [4.69, 9.17) is 21.4 Å². The molecule has 5 nitrogen and oxygen atoms in total. The first kappa shape index (κ1) is 15.5. The van der Waals surface area contributed by atoms with E-state index in [9.17, 15) is 18.4 Å². The second kappa shape index (κ2) is 6.26. The normalized spacial score (nSPS) is 18.0. The van der Waals surface area contributed by atoms with Crippen molar-refractivity contribution in [3.05, 3.63) is 28.8 Å². The quantitative estimate of drug-likeness (QED) is 0.868. The SMILES string of the molecule is O=C(O)C(CC(F)F)NC(=O)C1Cc2cc(Cl)ccc2O1. The average molecular weight is 320 g/mol. The Hall–Kier alpha value is -1.89. The van der Waals surface area contributed by atoms with Gasteiger partial charge in [-0.1, -0.05) is 11.6 Å². The smallest absolute Gasteiger partial charge is 0.326 e. The first-order chi connectivity index (χ1) is 9.86. The lowest BCUT2D eigenvalue weighted by Crippen LogP contribution is -2.47. The van der Waals surface area contributed by atoms with Gasteiger partial charge in [0.15, 0.2) is 6.10 Å². The van der Waals surface area contributed by atoms with E-state index in [-0.39, 0.29) is 6.42 Å². The number of carboxylic acid groups (broad SMARTS) is 1. The summed E-state index contributed by atoms with van der Waals surface area (Å²) in [6.07, 6.45) is -4.51. The van der Waals surface area contributed by atoms with Crippen molar-refractivity contribution in [1.82, 2.24) is 5.32 Å². The van der Waals surface area contributed by atoms with Crippen LogP contribution in [-0.4, -0.2) is 35.6 Å². The summed E-state index contributed by atoms with van der Waals surface area (Å²) in [5, 5.41) is 11.4. The number of rotatable bonds is 5. The number of hydrogen-bond donors (Lipinski definition) is 2. The van der Waals surface area contributed by atoms with Crippen LogP contribution in [0.4, 0.5) is 8.78 Å². The van der Waals surface area contributed by atoms with Crippen LogP contribution in [0.2, 0.25) is 5.02 Å². The lowest BCUT2D eigenvalue weighted by molar-refractivity contribution is -0.144. The van der Waals surface area contributed by atoms with Crippen LogP contribution in [0.15, 0.2) is 18.2 Å². The van der Waals surface area contributed by atoms with Crippen molar-refractivity contribution in [3.8, 4) is 5.75 Å². The number of ether oxygens (including phenoxy) is 1. The molecule has 0 aliphatic carbocycles. The highest BCUT2D eigenvalue weighted by atomic mass is 35.5. The number of fused-ring (bicyclic) bond motifs is 1. The number of halogens is 3. The van der Waals surface area contributed by atoms with E-state index in [0.717, 1.165) is 0 Å². The maximum atomic E-state index is 12.3. The topological polar surface area (TPSA) is 75.6 Å². The minimum atomic E-state index is -2.83. The highest BCUT2D eigenvalue weighted by Crippen LogP contribution is 2.31. The fraction of sp³-hybridized carbons (Fsp3) is 0.385. The number of nitrogens with one attached hydrogen (secondary N) is 1. The monoisotopic (exact) mass is 319 g/mol. The molecule has 0 aromatic heterocycles. The van der Waals surface area contributed by atoms with Gasteiger partial charge in [0.05, 0.1) is 0 Å². The van der Waals surface area contributed by atoms with Gasteiger partial charge in [-0.05, 0) is 23.8 Å². The molecule has 1 aromatic carbocycles. The van der Waals surface area contributed by atoms with Gasteiger partial charge >= 0.3 is 5.97 Å². The number of alkyl halides is 2. The summed E-state index contributed by atoms with van der Waals surface area (Å²) in [5.74, 6) is -1.78. The number of benzene rings is 1. The zero-order valence-corrected chi connectivity index (χ0v) is 11.4. The molecule has 0 radical (unpaired) electrons. The number of aliphatic carboxylic acids is 1. The number of carbonyl (C=O) groups is 2. The van der Waals surface area contributed by atoms with Crippen molar-refractivity contribution in [2.45, 2.75) is 31.4 Å². The number of hydrogen-bond acceptors (Lipinski definition) is 3. The average Bonchev–Trinajstić information content (AvgIpc) is 2.80. The predicted octanol–water partition coefficient (Wildman–Crippen LogP) is 1.87. The minimum absolute atomic E-state index is 0.211. The molecular formula is C13H12ClF2NO4. The molecule has 2 atom stereocenters. The predicted molar refractivity (Wildman–Crippen MR) is 69.8 cm³/mol. The van der Waals surface area contributed by atoms with Crippen LogP contribution in [0.25, 0.3) is 0 Å². The third kappa shape index (κ3) is 3.81. The maximum Gasteiger partial charge on any atom is 0.326 e. The Morgan fingerprint density at radius 2 is 2.19 bits per heavy atom. The lowest BCUT2D eigenvalue weighted by Gasteiger charge is -2.17. The van der Waals surface area contributed by atoms with Gasteiger partial charge in [0.25, 0.3) is 5.91 Å². The molecule has 8 heteroatoms. The molecule has 1 aliphatic rings. The van der Waals surface area contributed by atoms with Crippen molar-refractivity contribution < 1.29 is 28.2 Å². The zero-order valence-electron chi connectivity index (χ0n) is 10.7. The maximum absolute atomic E-state index is 12.3. The molecule has 1 amide bonds. The first-order valence-corrected chi connectivity index (χ1v) is 6.51. The molecule has 2 unspecified atom stereocenters. The summed E-state index contributed by atoms with van der Waals surface area (Å²) >= 11 is 5.82. The van der Waals surface area contributed by atoms with E-state index >= 15 is 0 Å². The van der Waals surface area contributed by atoms with Gasteiger partial charge in [-0.25, -0.2) is 13.6 Å². The highest BCUT2D eigenvalue weighted by molar-refractivity contribution is 6.30. The molecule has 2 rings (SSSR count). The van der Waals surface area contributed by atoms with Crippen molar-refractivity contribution in [1.29, 1.82) is 0 Å². The molecule has 2 N–H and O–H groups in total. The van der Waals surface area contributed by atoms with Crippen molar-refractivity contribution in [2.75, 3.05) is 0 Å². The van der Waals surface area contributed by atoms with Crippen LogP contribution in [0.3, 0.4) is 0 Å². The van der Waals surface area contributed by atoms with Gasteiger partial charge in [-0.15, -0.1) is 0 Å². The summed E-state index contributed by atoms with van der Waals surface area (Å²) in [5.41, 5.74) is 0.711. The van der Waals surface area contributed by atoms with Crippen molar-refractivity contribution in [2.24, 2.45) is 0 Å². The number of carboxylic acids is 1. The van der Waals surface area contributed by atoms with Gasteiger partial charge in [-0.2, -0.15) is 0 Å². The van der Waals surface area contributed by atoms with E-state index in [1.165, 1.54) is 0 Å².